The molecule has 14 heavy (non-hydrogen) atoms. The van der Waals surface area contributed by atoms with Crippen LogP contribution in [0.5, 0.6) is 0 Å². The fourth-order valence-electron chi connectivity index (χ4n) is 1.43. The van der Waals surface area contributed by atoms with Crippen molar-refractivity contribution in [2.24, 2.45) is 0 Å². The molecule has 0 N–H and O–H groups in total. The maximum Gasteiger partial charge on any atom is 0.244 e. The van der Waals surface area contributed by atoms with Crippen molar-refractivity contribution in [1.82, 2.24) is 0 Å². The van der Waals surface area contributed by atoms with E-state index in [1.54, 1.807) is 0 Å². The Morgan fingerprint density at radius 1 is 1.50 bits per heavy atom. The van der Waals surface area contributed by atoms with Crippen LogP contribution in [0.3, 0.4) is 0 Å². The minimum atomic E-state index is -1.21. The summed E-state index contributed by atoms with van der Waals surface area (Å²) in [6.45, 7) is 3.41. The molecule has 6 heteroatoms. The lowest BCUT2D eigenvalue weighted by atomic mass is 9.85. The summed E-state index contributed by atoms with van der Waals surface area (Å²) in [5.41, 5.74) is -1.15. The molecule has 0 amide bonds. The lowest BCUT2D eigenvalue weighted by Crippen LogP contribution is -2.37. The predicted molar refractivity (Wildman–Crippen MR) is 48.9 cm³/mol. The van der Waals surface area contributed by atoms with Gasteiger partial charge in [0.2, 0.25) is 11.2 Å². The summed E-state index contributed by atoms with van der Waals surface area (Å²) in [5.74, 6) is 0. The van der Waals surface area contributed by atoms with E-state index in [1.807, 2.05) is 0 Å². The zero-order chi connectivity index (χ0) is 10.8. The molecule has 1 aliphatic carbocycles. The van der Waals surface area contributed by atoms with Crippen molar-refractivity contribution >= 4 is 0 Å². The van der Waals surface area contributed by atoms with Gasteiger partial charge in [0.05, 0.1) is 4.92 Å². The maximum absolute atomic E-state index is 10.7. The Bertz CT molecular complexity index is 323. The molecule has 0 saturated heterocycles. The van der Waals surface area contributed by atoms with E-state index in [2.05, 4.69) is 6.58 Å². The Morgan fingerprint density at radius 3 is 2.43 bits per heavy atom. The van der Waals surface area contributed by atoms with Crippen LogP contribution in [0, 0.1) is 20.2 Å². The minimum absolute atomic E-state index is 0.0554. The average Bonchev–Trinajstić information content (AvgIpc) is 2.17. The first-order chi connectivity index (χ1) is 6.52. The SMILES string of the molecule is C=CC1([N+](=O)[O-])CC=C([N+](=O)[O-])CC1. The maximum atomic E-state index is 10.7. The van der Waals surface area contributed by atoms with Gasteiger partial charge < -0.3 is 0 Å². The third-order valence-corrected chi connectivity index (χ3v) is 2.48. The molecule has 0 aromatic carbocycles. The van der Waals surface area contributed by atoms with E-state index in [0.717, 1.165) is 0 Å². The summed E-state index contributed by atoms with van der Waals surface area (Å²) < 4.78 is 0. The van der Waals surface area contributed by atoms with Gasteiger partial charge in [0, 0.05) is 24.2 Å². The highest BCUT2D eigenvalue weighted by atomic mass is 16.6. The zero-order valence-electron chi connectivity index (χ0n) is 7.51. The first kappa shape index (κ1) is 10.4. The van der Waals surface area contributed by atoms with E-state index in [4.69, 9.17) is 0 Å². The molecule has 76 valence electrons. The molecular formula is C8H10N2O4. The lowest BCUT2D eigenvalue weighted by molar-refractivity contribution is -0.558. The van der Waals surface area contributed by atoms with Gasteiger partial charge in [-0.1, -0.05) is 6.58 Å². The fourth-order valence-corrected chi connectivity index (χ4v) is 1.43. The predicted octanol–water partition coefficient (Wildman–Crippen LogP) is 1.53. The van der Waals surface area contributed by atoms with E-state index in [1.165, 1.54) is 12.2 Å². The van der Waals surface area contributed by atoms with Gasteiger partial charge in [-0.2, -0.15) is 0 Å². The van der Waals surface area contributed by atoms with Crippen molar-refractivity contribution in [3.8, 4) is 0 Å². The largest absolute Gasteiger partial charge is 0.264 e. The van der Waals surface area contributed by atoms with Gasteiger partial charge in [0.1, 0.15) is 0 Å². The van der Waals surface area contributed by atoms with Crippen LogP contribution in [0.4, 0.5) is 0 Å². The van der Waals surface area contributed by atoms with Gasteiger partial charge >= 0.3 is 0 Å². The van der Waals surface area contributed by atoms with Crippen molar-refractivity contribution in [2.75, 3.05) is 0 Å². The highest BCUT2D eigenvalue weighted by Crippen LogP contribution is 2.31. The molecule has 1 unspecified atom stereocenters. The third-order valence-electron chi connectivity index (χ3n) is 2.48. The number of hydrogen-bond donors (Lipinski definition) is 0. The van der Waals surface area contributed by atoms with E-state index in [9.17, 15) is 20.2 Å². The van der Waals surface area contributed by atoms with Gasteiger partial charge in [-0.25, -0.2) is 0 Å². The number of nitro groups is 2. The van der Waals surface area contributed by atoms with Crippen molar-refractivity contribution in [2.45, 2.75) is 24.8 Å². The van der Waals surface area contributed by atoms with E-state index < -0.39 is 15.4 Å². The molecular weight excluding hydrogens is 188 g/mol. The standard InChI is InChI=1S/C8H10N2O4/c1-2-8(10(13)14)5-3-7(4-6-8)9(11)12/h2-3H,1,4-6H2. The first-order valence-electron chi connectivity index (χ1n) is 4.13. The first-order valence-corrected chi connectivity index (χ1v) is 4.13. The Hall–Kier alpha value is -1.72. The summed E-state index contributed by atoms with van der Waals surface area (Å²) in [6.07, 6.45) is 2.91. The number of nitrogens with zero attached hydrogens (tertiary/aromatic N) is 2. The Balaban J connectivity index is 2.88. The molecule has 0 aromatic rings. The molecule has 0 fully saturated rings. The summed E-state index contributed by atoms with van der Waals surface area (Å²) in [4.78, 5) is 20.2. The smallest absolute Gasteiger partial charge is 0.244 e. The van der Waals surface area contributed by atoms with Crippen LogP contribution in [0.25, 0.3) is 0 Å². The van der Waals surface area contributed by atoms with E-state index in [0.29, 0.717) is 0 Å². The van der Waals surface area contributed by atoms with Crippen molar-refractivity contribution in [3.05, 3.63) is 44.7 Å². The summed E-state index contributed by atoms with van der Waals surface area (Å²) >= 11 is 0. The Morgan fingerprint density at radius 2 is 2.14 bits per heavy atom. The number of rotatable bonds is 3. The monoisotopic (exact) mass is 198 g/mol. The summed E-state index contributed by atoms with van der Waals surface area (Å²) in [7, 11) is 0. The van der Waals surface area contributed by atoms with Crippen molar-refractivity contribution in [3.63, 3.8) is 0 Å². The highest BCUT2D eigenvalue weighted by Gasteiger charge is 2.42. The van der Waals surface area contributed by atoms with Crippen LogP contribution >= 0.6 is 0 Å². The average molecular weight is 198 g/mol. The number of hydrogen-bond acceptors (Lipinski definition) is 4. The van der Waals surface area contributed by atoms with Gasteiger partial charge in [0.25, 0.3) is 0 Å². The zero-order valence-corrected chi connectivity index (χ0v) is 7.51. The molecule has 0 heterocycles. The topological polar surface area (TPSA) is 86.3 Å². The Labute approximate surface area is 80.2 Å². The van der Waals surface area contributed by atoms with Gasteiger partial charge in [-0.15, -0.1) is 0 Å². The molecule has 0 aliphatic heterocycles. The molecule has 1 atom stereocenters. The molecule has 0 bridgehead atoms. The second-order valence-electron chi connectivity index (χ2n) is 3.22. The lowest BCUT2D eigenvalue weighted by Gasteiger charge is -2.22. The normalized spacial score (nSPS) is 26.4. The van der Waals surface area contributed by atoms with Crippen LogP contribution in [-0.2, 0) is 0 Å². The highest BCUT2D eigenvalue weighted by molar-refractivity contribution is 5.10. The van der Waals surface area contributed by atoms with Gasteiger partial charge in [-0.05, 0) is 12.2 Å². The molecule has 1 aliphatic rings. The van der Waals surface area contributed by atoms with Crippen molar-refractivity contribution in [1.29, 1.82) is 0 Å². The van der Waals surface area contributed by atoms with Crippen molar-refractivity contribution < 1.29 is 9.85 Å². The molecule has 1 rings (SSSR count). The van der Waals surface area contributed by atoms with E-state index >= 15 is 0 Å². The minimum Gasteiger partial charge on any atom is -0.264 e. The molecule has 0 saturated carbocycles. The molecule has 0 radical (unpaired) electrons. The van der Waals surface area contributed by atoms with Crippen LogP contribution in [-0.4, -0.2) is 15.4 Å². The van der Waals surface area contributed by atoms with Crippen LogP contribution in [0.15, 0.2) is 24.4 Å². The second-order valence-corrected chi connectivity index (χ2v) is 3.22. The van der Waals surface area contributed by atoms with Gasteiger partial charge in [-0.3, -0.25) is 20.2 Å². The van der Waals surface area contributed by atoms with Crippen LogP contribution < -0.4 is 0 Å². The second kappa shape index (κ2) is 3.57. The molecule has 0 aromatic heterocycles. The van der Waals surface area contributed by atoms with E-state index in [-0.39, 0.29) is 25.0 Å². The third kappa shape index (κ3) is 1.63. The molecule has 0 spiro atoms. The fraction of sp³-hybridized carbons (Fsp3) is 0.500. The van der Waals surface area contributed by atoms with Crippen LogP contribution in [0.2, 0.25) is 0 Å². The quantitative estimate of drug-likeness (QED) is 0.391. The molecule has 6 nitrogen and oxygen atoms in total. The van der Waals surface area contributed by atoms with Gasteiger partial charge in [0.15, 0.2) is 0 Å². The summed E-state index contributed by atoms with van der Waals surface area (Å²) in [5, 5.41) is 21.1. The Kier molecular flexibility index (Phi) is 2.64. The van der Waals surface area contributed by atoms with Crippen LogP contribution in [0.1, 0.15) is 19.3 Å². The summed E-state index contributed by atoms with van der Waals surface area (Å²) in [6, 6.07) is 0. The number of allylic oxidation sites excluding steroid dienone is 1.